The van der Waals surface area contributed by atoms with E-state index in [1.807, 2.05) is 6.07 Å². The van der Waals surface area contributed by atoms with Gasteiger partial charge in [0.25, 0.3) is 5.22 Å². The molecule has 3 aromatic heterocycles. The number of nitrogens with one attached hydrogen (secondary N) is 1. The number of aromatic amines is 1. The van der Waals surface area contributed by atoms with Crippen LogP contribution in [0.2, 0.25) is 0 Å². The summed E-state index contributed by atoms with van der Waals surface area (Å²) in [5.41, 5.74) is 2.67. The predicted octanol–water partition coefficient (Wildman–Crippen LogP) is 3.62. The van der Waals surface area contributed by atoms with Crippen LogP contribution in [0.4, 0.5) is 0 Å². The second-order valence-electron chi connectivity index (χ2n) is 6.08. The third kappa shape index (κ3) is 3.99. The van der Waals surface area contributed by atoms with Gasteiger partial charge >= 0.3 is 5.97 Å². The van der Waals surface area contributed by atoms with E-state index in [1.165, 1.54) is 0 Å². The number of ketones is 1. The van der Waals surface area contributed by atoms with Crippen molar-refractivity contribution in [1.29, 1.82) is 0 Å². The number of carbonyl (C=O) groups is 2. The smallest absolute Gasteiger partial charge is 0.340 e. The number of hydrogen-bond donors (Lipinski definition) is 1. The zero-order valence-corrected chi connectivity index (χ0v) is 16.8. The molecule has 1 N–H and O–H groups in total. The monoisotopic (exact) mass is 400 g/mol. The zero-order chi connectivity index (χ0) is 20.3. The zero-order valence-electron chi connectivity index (χ0n) is 16.0. The average molecular weight is 400 g/mol. The molecule has 0 saturated heterocycles. The molecule has 1 atom stereocenters. The van der Waals surface area contributed by atoms with Gasteiger partial charge < -0.3 is 14.1 Å². The molecule has 0 amide bonds. The van der Waals surface area contributed by atoms with Crippen molar-refractivity contribution in [3.63, 3.8) is 0 Å². The summed E-state index contributed by atoms with van der Waals surface area (Å²) in [6, 6.07) is 3.58. The first-order valence-corrected chi connectivity index (χ1v) is 9.61. The van der Waals surface area contributed by atoms with E-state index in [0.29, 0.717) is 34.0 Å². The number of aryl methyl sites for hydroxylation is 1. The van der Waals surface area contributed by atoms with Crippen molar-refractivity contribution in [3.8, 4) is 11.5 Å². The number of rotatable bonds is 7. The van der Waals surface area contributed by atoms with Crippen LogP contribution in [-0.4, -0.2) is 43.8 Å². The van der Waals surface area contributed by atoms with Crippen molar-refractivity contribution in [2.75, 3.05) is 6.61 Å². The minimum atomic E-state index is -0.492. The maximum absolute atomic E-state index is 12.9. The van der Waals surface area contributed by atoms with Gasteiger partial charge in [0.2, 0.25) is 5.89 Å². The molecule has 3 rings (SSSR count). The molecule has 0 aliphatic heterocycles. The molecular formula is C19H20N4O4S. The van der Waals surface area contributed by atoms with Gasteiger partial charge in [-0.15, -0.1) is 10.2 Å². The highest BCUT2D eigenvalue weighted by atomic mass is 32.2. The predicted molar refractivity (Wildman–Crippen MR) is 103 cm³/mol. The summed E-state index contributed by atoms with van der Waals surface area (Å²) in [5, 5.41) is 7.77. The van der Waals surface area contributed by atoms with E-state index in [2.05, 4.69) is 20.2 Å². The Hall–Kier alpha value is -2.94. The van der Waals surface area contributed by atoms with E-state index in [0.717, 1.165) is 11.8 Å². The lowest BCUT2D eigenvalue weighted by atomic mass is 10.1. The maximum Gasteiger partial charge on any atom is 0.340 e. The lowest BCUT2D eigenvalue weighted by Crippen LogP contribution is -2.15. The van der Waals surface area contributed by atoms with Crippen LogP contribution < -0.4 is 0 Å². The fourth-order valence-electron chi connectivity index (χ4n) is 2.78. The van der Waals surface area contributed by atoms with Crippen LogP contribution in [-0.2, 0) is 4.74 Å². The molecule has 0 unspecified atom stereocenters. The second-order valence-corrected chi connectivity index (χ2v) is 7.38. The molecule has 146 valence electrons. The highest BCUT2D eigenvalue weighted by Gasteiger charge is 2.27. The number of pyridine rings is 1. The fourth-order valence-corrected chi connectivity index (χ4v) is 3.52. The standard InChI is InChI=1S/C19H20N4O4S/c1-5-26-18(25)14-10(2)15(21-11(14)3)16(24)12(4)28-19-23-22-17(27-19)13-7-6-8-20-9-13/h6-9,12,21H,5H2,1-4H3/t12-/m0/s1. The van der Waals surface area contributed by atoms with Gasteiger partial charge in [0, 0.05) is 18.1 Å². The third-order valence-corrected chi connectivity index (χ3v) is 5.06. The molecule has 28 heavy (non-hydrogen) atoms. The van der Waals surface area contributed by atoms with Crippen LogP contribution in [0.1, 0.15) is 46.0 Å². The van der Waals surface area contributed by atoms with Crippen LogP contribution in [0.3, 0.4) is 0 Å². The Labute approximate surface area is 166 Å². The van der Waals surface area contributed by atoms with Crippen molar-refractivity contribution in [2.45, 2.75) is 38.2 Å². The molecule has 0 aliphatic rings. The molecule has 0 radical (unpaired) electrons. The van der Waals surface area contributed by atoms with E-state index in [1.54, 1.807) is 46.2 Å². The van der Waals surface area contributed by atoms with Gasteiger partial charge in [-0.2, -0.15) is 0 Å². The van der Waals surface area contributed by atoms with Crippen molar-refractivity contribution >= 4 is 23.5 Å². The molecule has 0 aromatic carbocycles. The van der Waals surface area contributed by atoms with Crippen molar-refractivity contribution in [2.24, 2.45) is 0 Å². The summed E-state index contributed by atoms with van der Waals surface area (Å²) in [5.74, 6) is -0.264. The van der Waals surface area contributed by atoms with Crippen LogP contribution in [0.5, 0.6) is 0 Å². The number of Topliss-reactive ketones (excluding diaryl/α,β-unsaturated/α-hetero) is 1. The molecule has 0 fully saturated rings. The van der Waals surface area contributed by atoms with E-state index in [4.69, 9.17) is 9.15 Å². The first-order valence-electron chi connectivity index (χ1n) is 8.73. The van der Waals surface area contributed by atoms with E-state index < -0.39 is 11.2 Å². The minimum Gasteiger partial charge on any atom is -0.462 e. The normalized spacial score (nSPS) is 12.0. The Morgan fingerprint density at radius 3 is 2.79 bits per heavy atom. The van der Waals surface area contributed by atoms with Gasteiger partial charge in [0.1, 0.15) is 0 Å². The van der Waals surface area contributed by atoms with Crippen LogP contribution in [0, 0.1) is 13.8 Å². The molecule has 0 bridgehead atoms. The highest BCUT2D eigenvalue weighted by molar-refractivity contribution is 8.00. The summed E-state index contributed by atoms with van der Waals surface area (Å²) in [6.45, 7) is 7.24. The van der Waals surface area contributed by atoms with Crippen LogP contribution in [0.25, 0.3) is 11.5 Å². The molecule has 0 aliphatic carbocycles. The third-order valence-electron chi connectivity index (χ3n) is 4.13. The van der Waals surface area contributed by atoms with Crippen molar-refractivity contribution in [3.05, 3.63) is 47.0 Å². The highest BCUT2D eigenvalue weighted by Crippen LogP contribution is 2.29. The summed E-state index contributed by atoms with van der Waals surface area (Å²) in [7, 11) is 0. The van der Waals surface area contributed by atoms with Gasteiger partial charge in [0.05, 0.1) is 28.7 Å². The van der Waals surface area contributed by atoms with Crippen LogP contribution in [0.15, 0.2) is 34.2 Å². The summed E-state index contributed by atoms with van der Waals surface area (Å²) in [4.78, 5) is 32.0. The summed E-state index contributed by atoms with van der Waals surface area (Å²) < 4.78 is 10.7. The Kier molecular flexibility index (Phi) is 5.93. The molecule has 0 spiro atoms. The van der Waals surface area contributed by atoms with Gasteiger partial charge in [-0.25, -0.2) is 4.79 Å². The first-order chi connectivity index (χ1) is 13.4. The molecule has 3 aromatic rings. The Morgan fingerprint density at radius 1 is 1.32 bits per heavy atom. The minimum absolute atomic E-state index is 0.165. The van der Waals surface area contributed by atoms with E-state index >= 15 is 0 Å². The van der Waals surface area contributed by atoms with Gasteiger partial charge in [-0.05, 0) is 45.4 Å². The van der Waals surface area contributed by atoms with Gasteiger partial charge in [0.15, 0.2) is 5.78 Å². The summed E-state index contributed by atoms with van der Waals surface area (Å²) >= 11 is 1.16. The Bertz CT molecular complexity index is 997. The second kappa shape index (κ2) is 8.39. The van der Waals surface area contributed by atoms with Crippen LogP contribution >= 0.6 is 11.8 Å². The Morgan fingerprint density at radius 2 is 2.11 bits per heavy atom. The topological polar surface area (TPSA) is 111 Å². The van der Waals surface area contributed by atoms with Crippen molar-refractivity contribution in [1.82, 2.24) is 20.2 Å². The number of ether oxygens (including phenoxy) is 1. The largest absolute Gasteiger partial charge is 0.462 e. The lowest BCUT2D eigenvalue weighted by Gasteiger charge is -2.07. The number of aromatic nitrogens is 4. The summed E-state index contributed by atoms with van der Waals surface area (Å²) in [6.07, 6.45) is 3.28. The van der Waals surface area contributed by atoms with Gasteiger partial charge in [-0.1, -0.05) is 11.8 Å². The molecule has 9 heteroatoms. The molecular weight excluding hydrogens is 380 g/mol. The average Bonchev–Trinajstić information content (AvgIpc) is 3.26. The quantitative estimate of drug-likeness (QED) is 0.364. The van der Waals surface area contributed by atoms with E-state index in [-0.39, 0.29) is 17.6 Å². The van der Waals surface area contributed by atoms with E-state index in [9.17, 15) is 9.59 Å². The SMILES string of the molecule is CCOC(=O)c1c(C)[nH]c(C(=O)[C@H](C)Sc2nnc(-c3cccnc3)o2)c1C. The number of hydrogen-bond acceptors (Lipinski definition) is 8. The molecule has 3 heterocycles. The Balaban J connectivity index is 1.76. The fraction of sp³-hybridized carbons (Fsp3) is 0.316. The number of H-pyrrole nitrogens is 1. The molecule has 0 saturated carbocycles. The van der Waals surface area contributed by atoms with Crippen molar-refractivity contribution < 1.29 is 18.7 Å². The maximum atomic E-state index is 12.9. The van der Waals surface area contributed by atoms with Gasteiger partial charge in [-0.3, -0.25) is 9.78 Å². The number of thioether (sulfide) groups is 1. The number of esters is 1. The first kappa shape index (κ1) is 19.8. The molecule has 8 nitrogen and oxygen atoms in total. The number of carbonyl (C=O) groups excluding carboxylic acids is 2. The lowest BCUT2D eigenvalue weighted by molar-refractivity contribution is 0.0525. The number of nitrogens with zero attached hydrogens (tertiary/aromatic N) is 3.